The average molecular weight is 357 g/mol. The van der Waals surface area contributed by atoms with Crippen molar-refractivity contribution in [2.75, 3.05) is 12.3 Å². The van der Waals surface area contributed by atoms with Crippen molar-refractivity contribution in [1.82, 2.24) is 0 Å². The summed E-state index contributed by atoms with van der Waals surface area (Å²) in [4.78, 5) is 16.8. The van der Waals surface area contributed by atoms with Crippen molar-refractivity contribution in [3.05, 3.63) is 63.2 Å². The maximum absolute atomic E-state index is 12.2. The average Bonchev–Trinajstić information content (AvgIpc) is 2.80. The van der Waals surface area contributed by atoms with Gasteiger partial charge in [-0.2, -0.15) is 11.8 Å². The van der Waals surface area contributed by atoms with Crippen molar-refractivity contribution < 1.29 is 9.52 Å². The molecule has 0 bridgehead atoms. The zero-order valence-corrected chi connectivity index (χ0v) is 15.6. The molecule has 1 N–H and O–H groups in total. The third-order valence-electron chi connectivity index (χ3n) is 4.41. The van der Waals surface area contributed by atoms with E-state index in [4.69, 9.17) is 4.42 Å². The molecule has 3 rings (SSSR count). The molecule has 0 aliphatic carbocycles. The van der Waals surface area contributed by atoms with Crippen LogP contribution in [0.3, 0.4) is 0 Å². The molecule has 1 aliphatic rings. The minimum atomic E-state index is -0.517. The molecule has 0 unspecified atom stereocenters. The Morgan fingerprint density at radius 3 is 2.64 bits per heavy atom. The van der Waals surface area contributed by atoms with Gasteiger partial charge in [0.25, 0.3) is 0 Å². The van der Waals surface area contributed by atoms with Gasteiger partial charge in [-0.3, -0.25) is 4.99 Å². The highest BCUT2D eigenvalue weighted by Crippen LogP contribution is 2.36. The summed E-state index contributed by atoms with van der Waals surface area (Å²) < 4.78 is 5.16. The smallest absolute Gasteiger partial charge is 0.348 e. The summed E-state index contributed by atoms with van der Waals surface area (Å²) in [6, 6.07) is 10.1. The van der Waals surface area contributed by atoms with Crippen LogP contribution in [-0.4, -0.2) is 23.1 Å². The second-order valence-corrected chi connectivity index (χ2v) is 7.93. The number of nitrogens with zero attached hydrogens (tertiary/aromatic N) is 1. The fraction of sp³-hybridized carbons (Fsp3) is 0.400. The molecule has 132 valence electrons. The van der Waals surface area contributed by atoms with Crippen LogP contribution in [0.25, 0.3) is 0 Å². The Hall–Kier alpha value is -2.01. The summed E-state index contributed by atoms with van der Waals surface area (Å²) in [7, 11) is 0. The van der Waals surface area contributed by atoms with E-state index in [0.717, 1.165) is 5.75 Å². The van der Waals surface area contributed by atoms with Gasteiger partial charge >= 0.3 is 5.63 Å². The maximum Gasteiger partial charge on any atom is 0.348 e. The first-order chi connectivity index (χ1) is 12.0. The van der Waals surface area contributed by atoms with Gasteiger partial charge < -0.3 is 9.52 Å². The number of aryl methyl sites for hydroxylation is 1. The third kappa shape index (κ3) is 3.98. The summed E-state index contributed by atoms with van der Waals surface area (Å²) in [5.74, 6) is 1.74. The van der Waals surface area contributed by atoms with Crippen LogP contribution >= 0.6 is 11.8 Å². The predicted molar refractivity (Wildman–Crippen MR) is 103 cm³/mol. The van der Waals surface area contributed by atoms with Gasteiger partial charge in [0.05, 0.1) is 5.71 Å². The first kappa shape index (κ1) is 17.8. The number of hydrogen-bond donors (Lipinski definition) is 1. The van der Waals surface area contributed by atoms with E-state index < -0.39 is 5.63 Å². The summed E-state index contributed by atoms with van der Waals surface area (Å²) in [6.45, 7) is 6.64. The molecule has 1 aromatic heterocycles. The summed E-state index contributed by atoms with van der Waals surface area (Å²) in [5.41, 5.74) is 2.86. The Morgan fingerprint density at radius 1 is 1.28 bits per heavy atom. The molecular formula is C20H23NO3S. The van der Waals surface area contributed by atoms with E-state index >= 15 is 0 Å². The Morgan fingerprint density at radius 2 is 2.00 bits per heavy atom. The number of aliphatic imine (C=N–C) groups is 1. The van der Waals surface area contributed by atoms with Crippen LogP contribution in [0.5, 0.6) is 5.75 Å². The molecule has 0 fully saturated rings. The lowest BCUT2D eigenvalue weighted by atomic mass is 9.98. The Balaban J connectivity index is 1.91. The lowest BCUT2D eigenvalue weighted by Gasteiger charge is -2.17. The van der Waals surface area contributed by atoms with Gasteiger partial charge in [-0.05, 0) is 24.0 Å². The van der Waals surface area contributed by atoms with Gasteiger partial charge in [-0.15, -0.1) is 0 Å². The van der Waals surface area contributed by atoms with Crippen molar-refractivity contribution in [2.45, 2.75) is 38.4 Å². The molecule has 4 nitrogen and oxygen atoms in total. The van der Waals surface area contributed by atoms with E-state index in [1.165, 1.54) is 17.2 Å². The molecule has 0 spiro atoms. The first-order valence-electron chi connectivity index (χ1n) is 8.54. The number of benzene rings is 1. The van der Waals surface area contributed by atoms with Crippen LogP contribution < -0.4 is 5.63 Å². The van der Waals surface area contributed by atoms with E-state index in [1.807, 2.05) is 11.8 Å². The lowest BCUT2D eigenvalue weighted by Crippen LogP contribution is -2.17. The minimum absolute atomic E-state index is 0.0479. The highest BCUT2D eigenvalue weighted by atomic mass is 32.2. The first-order valence-corrected chi connectivity index (χ1v) is 9.59. The van der Waals surface area contributed by atoms with E-state index in [0.29, 0.717) is 30.4 Å². The summed E-state index contributed by atoms with van der Waals surface area (Å²) >= 11 is 1.84. The largest absolute Gasteiger partial charge is 0.507 e. The Kier molecular flexibility index (Phi) is 5.33. The molecular weight excluding hydrogens is 334 g/mol. The summed E-state index contributed by atoms with van der Waals surface area (Å²) in [6.07, 6.45) is 0.604. The van der Waals surface area contributed by atoms with E-state index in [1.54, 1.807) is 6.92 Å². The van der Waals surface area contributed by atoms with Gasteiger partial charge in [0, 0.05) is 30.0 Å². The molecule has 1 atom stereocenters. The number of aromatic hydroxyl groups is 1. The van der Waals surface area contributed by atoms with Crippen LogP contribution in [0.15, 0.2) is 44.5 Å². The molecule has 1 aliphatic heterocycles. The molecule has 25 heavy (non-hydrogen) atoms. The quantitative estimate of drug-likeness (QED) is 0.882. The van der Waals surface area contributed by atoms with Gasteiger partial charge in [0.2, 0.25) is 0 Å². The highest BCUT2D eigenvalue weighted by molar-refractivity contribution is 7.99. The molecule has 2 heterocycles. The van der Waals surface area contributed by atoms with Gasteiger partial charge in [0.15, 0.2) is 0 Å². The highest BCUT2D eigenvalue weighted by Gasteiger charge is 2.24. The van der Waals surface area contributed by atoms with Crippen LogP contribution in [0.1, 0.15) is 53.9 Å². The van der Waals surface area contributed by atoms with E-state index in [2.05, 4.69) is 43.1 Å². The molecule has 5 heteroatoms. The van der Waals surface area contributed by atoms with Crippen molar-refractivity contribution in [2.24, 2.45) is 4.99 Å². The molecule has 0 radical (unpaired) electrons. The maximum atomic E-state index is 12.2. The lowest BCUT2D eigenvalue weighted by molar-refractivity contribution is 0.432. The normalized spacial score (nSPS) is 18.1. The Bertz CT molecular complexity index is 837. The second-order valence-electron chi connectivity index (χ2n) is 6.62. The molecule has 2 aromatic rings. The van der Waals surface area contributed by atoms with E-state index in [-0.39, 0.29) is 16.6 Å². The van der Waals surface area contributed by atoms with E-state index in [9.17, 15) is 9.90 Å². The van der Waals surface area contributed by atoms with Crippen molar-refractivity contribution >= 4 is 17.5 Å². The van der Waals surface area contributed by atoms with Crippen LogP contribution in [0.2, 0.25) is 0 Å². The fourth-order valence-electron chi connectivity index (χ4n) is 3.03. The number of rotatable bonds is 3. The van der Waals surface area contributed by atoms with Gasteiger partial charge in [0.1, 0.15) is 17.1 Å². The SMILES string of the molecule is Cc1cc(O)c(C2=NCCS[C@H](c3ccc(C(C)C)cc3)C2)c(=O)o1. The molecule has 0 saturated carbocycles. The topological polar surface area (TPSA) is 62.8 Å². The number of thioether (sulfide) groups is 1. The van der Waals surface area contributed by atoms with Crippen molar-refractivity contribution in [3.63, 3.8) is 0 Å². The molecule has 1 aromatic carbocycles. The molecule has 0 amide bonds. The summed E-state index contributed by atoms with van der Waals surface area (Å²) in [5, 5.41) is 10.4. The van der Waals surface area contributed by atoms with Crippen molar-refractivity contribution in [1.29, 1.82) is 0 Å². The van der Waals surface area contributed by atoms with Gasteiger partial charge in [-0.1, -0.05) is 38.1 Å². The zero-order valence-electron chi connectivity index (χ0n) is 14.8. The van der Waals surface area contributed by atoms with Crippen LogP contribution in [-0.2, 0) is 0 Å². The number of hydrogen-bond acceptors (Lipinski definition) is 5. The predicted octanol–water partition coefficient (Wildman–Crippen LogP) is 4.44. The van der Waals surface area contributed by atoms with Gasteiger partial charge in [-0.25, -0.2) is 4.79 Å². The second kappa shape index (κ2) is 7.48. The fourth-order valence-corrected chi connectivity index (χ4v) is 4.13. The molecule has 0 saturated heterocycles. The minimum Gasteiger partial charge on any atom is -0.507 e. The monoisotopic (exact) mass is 357 g/mol. The van der Waals surface area contributed by atoms with Crippen molar-refractivity contribution in [3.8, 4) is 5.75 Å². The van der Waals surface area contributed by atoms with Crippen LogP contribution in [0, 0.1) is 6.92 Å². The Labute approximate surface area is 152 Å². The standard InChI is InChI=1S/C20H23NO3S/c1-12(2)14-4-6-15(7-5-14)18-11-16(21-8-9-25-18)19-17(22)10-13(3)24-20(19)23/h4-7,10,12,18,22H,8-9,11H2,1-3H3/t18-/m0/s1. The third-order valence-corrected chi connectivity index (χ3v) is 5.67. The zero-order chi connectivity index (χ0) is 18.0. The van der Waals surface area contributed by atoms with Crippen LogP contribution in [0.4, 0.5) is 0 Å².